The van der Waals surface area contributed by atoms with Crippen molar-refractivity contribution in [3.63, 3.8) is 0 Å². The standard InChI is InChI=1S/C11H16Cl2/c1-4-5-6-11(10(3)13)8-7-9(2)12/h7-8H,2,4-6H2,1,3H3. The molecular weight excluding hydrogens is 203 g/mol. The average molecular weight is 219 g/mol. The van der Waals surface area contributed by atoms with E-state index < -0.39 is 0 Å². The largest absolute Gasteiger partial charge is 0.0892 e. The van der Waals surface area contributed by atoms with Crippen LogP contribution in [0.2, 0.25) is 0 Å². The summed E-state index contributed by atoms with van der Waals surface area (Å²) in [7, 11) is 0. The highest BCUT2D eigenvalue weighted by Gasteiger charge is 1.96. The van der Waals surface area contributed by atoms with Gasteiger partial charge < -0.3 is 0 Å². The van der Waals surface area contributed by atoms with Crippen LogP contribution in [-0.4, -0.2) is 0 Å². The molecule has 0 bridgehead atoms. The number of hydrogen-bond donors (Lipinski definition) is 0. The van der Waals surface area contributed by atoms with Crippen LogP contribution in [-0.2, 0) is 0 Å². The second kappa shape index (κ2) is 7.23. The first-order valence-electron chi connectivity index (χ1n) is 4.45. The van der Waals surface area contributed by atoms with Crippen LogP contribution in [0.1, 0.15) is 33.1 Å². The van der Waals surface area contributed by atoms with Gasteiger partial charge in [0.2, 0.25) is 0 Å². The molecule has 0 aromatic rings. The van der Waals surface area contributed by atoms with E-state index >= 15 is 0 Å². The van der Waals surface area contributed by atoms with Crippen LogP contribution >= 0.6 is 23.2 Å². The highest BCUT2D eigenvalue weighted by atomic mass is 35.5. The molecule has 0 rings (SSSR count). The van der Waals surface area contributed by atoms with Crippen molar-refractivity contribution in [3.05, 3.63) is 34.4 Å². The van der Waals surface area contributed by atoms with Crippen LogP contribution in [0.4, 0.5) is 0 Å². The Labute approximate surface area is 90.9 Å². The number of unbranched alkanes of at least 4 members (excludes halogenated alkanes) is 1. The van der Waals surface area contributed by atoms with E-state index in [-0.39, 0.29) is 0 Å². The molecule has 0 aliphatic heterocycles. The Balaban J connectivity index is 4.29. The zero-order valence-corrected chi connectivity index (χ0v) is 9.75. The Morgan fingerprint density at radius 3 is 2.31 bits per heavy atom. The molecule has 0 unspecified atom stereocenters. The first-order valence-corrected chi connectivity index (χ1v) is 5.21. The van der Waals surface area contributed by atoms with Crippen LogP contribution in [0.3, 0.4) is 0 Å². The Bertz CT molecular complexity index is 220. The van der Waals surface area contributed by atoms with Gasteiger partial charge in [-0.05, 0) is 31.4 Å². The van der Waals surface area contributed by atoms with Gasteiger partial charge in [-0.2, -0.15) is 0 Å². The fraction of sp³-hybridized carbons (Fsp3) is 0.455. The van der Waals surface area contributed by atoms with E-state index in [0.717, 1.165) is 23.4 Å². The minimum absolute atomic E-state index is 0.534. The van der Waals surface area contributed by atoms with Crippen molar-refractivity contribution in [1.29, 1.82) is 0 Å². The second-order valence-corrected chi connectivity index (χ2v) is 3.99. The van der Waals surface area contributed by atoms with Crippen LogP contribution in [0.15, 0.2) is 34.4 Å². The van der Waals surface area contributed by atoms with Gasteiger partial charge in [0.15, 0.2) is 0 Å². The monoisotopic (exact) mass is 218 g/mol. The SMILES string of the molecule is C=C(Cl)C=CC(CCCC)=C(C)Cl. The van der Waals surface area contributed by atoms with E-state index in [1.54, 1.807) is 6.08 Å². The molecule has 0 N–H and O–H groups in total. The zero-order valence-electron chi connectivity index (χ0n) is 8.24. The minimum atomic E-state index is 0.534. The fourth-order valence-corrected chi connectivity index (χ4v) is 1.15. The van der Waals surface area contributed by atoms with Gasteiger partial charge in [0, 0.05) is 10.1 Å². The molecule has 0 atom stereocenters. The summed E-state index contributed by atoms with van der Waals surface area (Å²) in [5.74, 6) is 0. The summed E-state index contributed by atoms with van der Waals surface area (Å²) < 4.78 is 0. The molecule has 0 radical (unpaired) electrons. The highest BCUT2D eigenvalue weighted by molar-refractivity contribution is 6.31. The summed E-state index contributed by atoms with van der Waals surface area (Å²) in [5.41, 5.74) is 1.14. The van der Waals surface area contributed by atoms with E-state index in [1.807, 2.05) is 13.0 Å². The predicted molar refractivity (Wildman–Crippen MR) is 62.2 cm³/mol. The molecule has 13 heavy (non-hydrogen) atoms. The molecule has 0 aliphatic carbocycles. The molecule has 0 saturated carbocycles. The van der Waals surface area contributed by atoms with Gasteiger partial charge in [0.25, 0.3) is 0 Å². The maximum atomic E-state index is 5.92. The molecule has 0 fully saturated rings. The normalized spacial score (nSPS) is 13.2. The maximum absolute atomic E-state index is 5.92. The summed E-state index contributed by atoms with van der Waals surface area (Å²) in [5, 5.41) is 1.37. The number of hydrogen-bond acceptors (Lipinski definition) is 0. The topological polar surface area (TPSA) is 0 Å². The van der Waals surface area contributed by atoms with Crippen molar-refractivity contribution in [2.75, 3.05) is 0 Å². The van der Waals surface area contributed by atoms with Crippen LogP contribution < -0.4 is 0 Å². The van der Waals surface area contributed by atoms with Gasteiger partial charge >= 0.3 is 0 Å². The highest BCUT2D eigenvalue weighted by Crippen LogP contribution is 2.17. The first kappa shape index (κ1) is 12.8. The van der Waals surface area contributed by atoms with Crippen LogP contribution in [0, 0.1) is 0 Å². The Kier molecular flexibility index (Phi) is 7.12. The Morgan fingerprint density at radius 2 is 1.92 bits per heavy atom. The Hall–Kier alpha value is -0.200. The lowest BCUT2D eigenvalue weighted by atomic mass is 10.1. The second-order valence-electron chi connectivity index (χ2n) is 2.94. The average Bonchev–Trinajstić information content (AvgIpc) is 2.03. The summed E-state index contributed by atoms with van der Waals surface area (Å²) in [6.07, 6.45) is 7.04. The molecule has 0 heterocycles. The van der Waals surface area contributed by atoms with Crippen LogP contribution in [0.5, 0.6) is 0 Å². The smallest absolute Gasteiger partial charge is 0.0334 e. The third-order valence-corrected chi connectivity index (χ3v) is 2.08. The van der Waals surface area contributed by atoms with Crippen molar-refractivity contribution in [2.24, 2.45) is 0 Å². The van der Waals surface area contributed by atoms with Crippen molar-refractivity contribution in [3.8, 4) is 0 Å². The summed E-state index contributed by atoms with van der Waals surface area (Å²) in [6.45, 7) is 7.63. The number of halogens is 2. The third kappa shape index (κ3) is 6.92. The zero-order chi connectivity index (χ0) is 10.3. The summed E-state index contributed by atoms with van der Waals surface area (Å²) in [6, 6.07) is 0. The van der Waals surface area contributed by atoms with Gasteiger partial charge in [-0.25, -0.2) is 0 Å². The predicted octanol–water partition coefficient (Wildman–Crippen LogP) is 5.00. The maximum Gasteiger partial charge on any atom is 0.0334 e. The van der Waals surface area contributed by atoms with Crippen molar-refractivity contribution >= 4 is 23.2 Å². The van der Waals surface area contributed by atoms with Crippen molar-refractivity contribution in [2.45, 2.75) is 33.1 Å². The van der Waals surface area contributed by atoms with E-state index in [4.69, 9.17) is 23.2 Å². The summed E-state index contributed by atoms with van der Waals surface area (Å²) in [4.78, 5) is 0. The molecule has 0 amide bonds. The molecule has 0 aromatic heterocycles. The number of allylic oxidation sites excluding steroid dienone is 5. The molecule has 0 spiro atoms. The van der Waals surface area contributed by atoms with Gasteiger partial charge in [-0.15, -0.1) is 0 Å². The van der Waals surface area contributed by atoms with Gasteiger partial charge in [0.05, 0.1) is 0 Å². The lowest BCUT2D eigenvalue weighted by molar-refractivity contribution is 0.795. The minimum Gasteiger partial charge on any atom is -0.0892 e. The Morgan fingerprint density at radius 1 is 1.31 bits per heavy atom. The molecule has 0 saturated heterocycles. The van der Waals surface area contributed by atoms with E-state index in [2.05, 4.69) is 13.5 Å². The first-order chi connectivity index (χ1) is 6.07. The molecule has 0 nitrogen and oxygen atoms in total. The van der Waals surface area contributed by atoms with E-state index in [1.165, 1.54) is 6.42 Å². The lowest BCUT2D eigenvalue weighted by Crippen LogP contribution is -1.81. The third-order valence-electron chi connectivity index (χ3n) is 1.71. The van der Waals surface area contributed by atoms with E-state index in [0.29, 0.717) is 5.03 Å². The fourth-order valence-electron chi connectivity index (χ4n) is 0.929. The summed E-state index contributed by atoms with van der Waals surface area (Å²) >= 11 is 11.5. The van der Waals surface area contributed by atoms with Crippen LogP contribution in [0.25, 0.3) is 0 Å². The van der Waals surface area contributed by atoms with Gasteiger partial charge in [-0.1, -0.05) is 49.2 Å². The molecule has 0 aliphatic rings. The lowest BCUT2D eigenvalue weighted by Gasteiger charge is -2.01. The molecular formula is C11H16Cl2. The van der Waals surface area contributed by atoms with Gasteiger partial charge in [0.1, 0.15) is 0 Å². The van der Waals surface area contributed by atoms with E-state index in [9.17, 15) is 0 Å². The van der Waals surface area contributed by atoms with Crippen molar-refractivity contribution in [1.82, 2.24) is 0 Å². The molecule has 0 aromatic carbocycles. The van der Waals surface area contributed by atoms with Crippen molar-refractivity contribution < 1.29 is 0 Å². The molecule has 74 valence electrons. The number of rotatable bonds is 5. The quantitative estimate of drug-likeness (QED) is 0.571. The molecule has 2 heteroatoms. The van der Waals surface area contributed by atoms with Gasteiger partial charge in [-0.3, -0.25) is 0 Å².